The van der Waals surface area contributed by atoms with E-state index in [0.717, 1.165) is 27.4 Å². The number of imidazole rings is 1. The summed E-state index contributed by atoms with van der Waals surface area (Å²) in [5, 5.41) is 4.45. The molecule has 1 aromatic carbocycles. The highest BCUT2D eigenvalue weighted by Crippen LogP contribution is 2.58. The molecule has 2 aromatic rings. The Kier molecular flexibility index (Phi) is 7.60. The van der Waals surface area contributed by atoms with Crippen molar-refractivity contribution >= 4 is 29.2 Å². The molecule has 1 saturated carbocycles. The monoisotopic (exact) mass is 377 g/mol. The summed E-state index contributed by atoms with van der Waals surface area (Å²) >= 11 is 11.9. The SMILES string of the molecule is C#C.C=C(C)Nc1ncc(C)[nH]1.CC1(C)C[C@H]1c1cc(Cl)cc(Cl)c1. The van der Waals surface area contributed by atoms with Crippen LogP contribution in [0.2, 0.25) is 10.0 Å². The van der Waals surface area contributed by atoms with Crippen molar-refractivity contribution in [3.8, 4) is 12.8 Å². The first-order chi connectivity index (χ1) is 11.7. The Bertz CT molecular complexity index is 724. The molecule has 5 heteroatoms. The van der Waals surface area contributed by atoms with Crippen molar-refractivity contribution in [2.75, 3.05) is 5.32 Å². The highest BCUT2D eigenvalue weighted by molar-refractivity contribution is 6.34. The van der Waals surface area contributed by atoms with E-state index < -0.39 is 0 Å². The Hall–Kier alpha value is -1.89. The van der Waals surface area contributed by atoms with Crippen LogP contribution in [-0.2, 0) is 0 Å². The van der Waals surface area contributed by atoms with Crippen LogP contribution < -0.4 is 5.32 Å². The fourth-order valence-electron chi connectivity index (χ4n) is 2.49. The summed E-state index contributed by atoms with van der Waals surface area (Å²) < 4.78 is 0. The average Bonchev–Trinajstić information content (AvgIpc) is 2.96. The molecule has 3 nitrogen and oxygen atoms in total. The number of rotatable bonds is 3. The number of hydrogen-bond acceptors (Lipinski definition) is 2. The van der Waals surface area contributed by atoms with Crippen molar-refractivity contribution in [2.24, 2.45) is 5.41 Å². The van der Waals surface area contributed by atoms with E-state index in [1.807, 2.05) is 26.0 Å². The molecule has 0 bridgehead atoms. The molecule has 134 valence electrons. The van der Waals surface area contributed by atoms with Gasteiger partial charge >= 0.3 is 0 Å². The minimum atomic E-state index is 0.439. The van der Waals surface area contributed by atoms with Crippen LogP contribution in [0.15, 0.2) is 36.7 Å². The van der Waals surface area contributed by atoms with Crippen LogP contribution in [0.1, 0.15) is 44.4 Å². The van der Waals surface area contributed by atoms with Crippen molar-refractivity contribution in [1.29, 1.82) is 0 Å². The third-order valence-electron chi connectivity index (χ3n) is 3.84. The lowest BCUT2D eigenvalue weighted by Gasteiger charge is -2.04. The van der Waals surface area contributed by atoms with Gasteiger partial charge in [-0.1, -0.05) is 43.6 Å². The normalized spacial score (nSPS) is 16.6. The van der Waals surface area contributed by atoms with Gasteiger partial charge in [0.05, 0.1) is 0 Å². The number of benzene rings is 1. The Morgan fingerprint density at radius 2 is 1.80 bits per heavy atom. The molecule has 0 unspecified atom stereocenters. The fraction of sp³-hybridized carbons (Fsp3) is 0.350. The lowest BCUT2D eigenvalue weighted by molar-refractivity contribution is 0.622. The quantitative estimate of drug-likeness (QED) is 0.605. The second kappa shape index (κ2) is 8.99. The van der Waals surface area contributed by atoms with E-state index >= 15 is 0 Å². The summed E-state index contributed by atoms with van der Waals surface area (Å²) in [5.74, 6) is 1.40. The molecule has 0 radical (unpaired) electrons. The highest BCUT2D eigenvalue weighted by Gasteiger charge is 2.46. The van der Waals surface area contributed by atoms with Gasteiger partial charge in [-0.2, -0.15) is 0 Å². The van der Waals surface area contributed by atoms with Crippen molar-refractivity contribution in [3.63, 3.8) is 0 Å². The molecule has 1 fully saturated rings. The van der Waals surface area contributed by atoms with Gasteiger partial charge in [-0.15, -0.1) is 12.8 Å². The molecule has 1 aliphatic rings. The summed E-state index contributed by atoms with van der Waals surface area (Å²) in [7, 11) is 0. The van der Waals surface area contributed by atoms with Crippen LogP contribution in [0.4, 0.5) is 5.95 Å². The summed E-state index contributed by atoms with van der Waals surface area (Å²) in [5.41, 5.74) is 3.65. The largest absolute Gasteiger partial charge is 0.330 e. The first-order valence-electron chi connectivity index (χ1n) is 7.91. The van der Waals surface area contributed by atoms with Crippen molar-refractivity contribution in [2.45, 2.75) is 40.0 Å². The van der Waals surface area contributed by atoms with Gasteiger partial charge in [-0.3, -0.25) is 0 Å². The summed E-state index contributed by atoms with van der Waals surface area (Å²) in [4.78, 5) is 7.05. The zero-order valence-electron chi connectivity index (χ0n) is 15.2. The third kappa shape index (κ3) is 6.86. The first-order valence-corrected chi connectivity index (χ1v) is 8.66. The molecular formula is C20H25Cl2N3. The maximum absolute atomic E-state index is 5.93. The Morgan fingerprint density at radius 3 is 2.16 bits per heavy atom. The second-order valence-corrected chi connectivity index (χ2v) is 7.64. The fourth-order valence-corrected chi connectivity index (χ4v) is 3.03. The number of anilines is 1. The molecular weight excluding hydrogens is 353 g/mol. The predicted molar refractivity (Wildman–Crippen MR) is 109 cm³/mol. The number of halogens is 2. The van der Waals surface area contributed by atoms with Gasteiger partial charge in [-0.25, -0.2) is 4.98 Å². The van der Waals surface area contributed by atoms with Gasteiger partial charge in [0.25, 0.3) is 0 Å². The van der Waals surface area contributed by atoms with Crippen LogP contribution in [-0.4, -0.2) is 9.97 Å². The molecule has 0 spiro atoms. The topological polar surface area (TPSA) is 40.7 Å². The zero-order valence-corrected chi connectivity index (χ0v) is 16.7. The molecule has 1 aliphatic carbocycles. The first kappa shape index (κ1) is 21.2. The van der Waals surface area contributed by atoms with Gasteiger partial charge in [0.1, 0.15) is 0 Å². The number of hydrogen-bond donors (Lipinski definition) is 2. The summed E-state index contributed by atoms with van der Waals surface area (Å²) in [6.07, 6.45) is 11.0. The summed E-state index contributed by atoms with van der Waals surface area (Å²) in [6, 6.07) is 5.82. The van der Waals surface area contributed by atoms with Gasteiger partial charge < -0.3 is 10.3 Å². The minimum Gasteiger partial charge on any atom is -0.330 e. The lowest BCUT2D eigenvalue weighted by Crippen LogP contribution is -1.94. The predicted octanol–water partition coefficient (Wildman–Crippen LogP) is 6.42. The Morgan fingerprint density at radius 1 is 1.28 bits per heavy atom. The maximum Gasteiger partial charge on any atom is 0.204 e. The van der Waals surface area contributed by atoms with Gasteiger partial charge in [0, 0.05) is 27.6 Å². The van der Waals surface area contributed by atoms with Crippen molar-refractivity contribution < 1.29 is 0 Å². The van der Waals surface area contributed by atoms with Crippen molar-refractivity contribution in [3.05, 3.63) is 58.0 Å². The number of aryl methyl sites for hydroxylation is 1. The molecule has 1 heterocycles. The zero-order chi connectivity index (χ0) is 19.2. The molecule has 1 atom stereocenters. The standard InChI is InChI=1S/C11H12Cl2.C7H11N3.C2H2/c1-11(2)6-10(11)7-3-8(12)5-9(13)4-7;1-5(2)9-7-8-4-6(3)10-7;1-2/h3-5,10H,6H2,1-2H3;4H,1H2,2-3H3,(H2,8,9,10);1-2H/t10-;;/m0../s1. The molecule has 0 amide bonds. The van der Waals surface area contributed by atoms with Gasteiger partial charge in [-0.05, 0) is 55.4 Å². The number of aromatic nitrogens is 2. The number of allylic oxidation sites excluding steroid dienone is 1. The summed E-state index contributed by atoms with van der Waals surface area (Å²) in [6.45, 7) is 12.1. The Labute approximate surface area is 160 Å². The lowest BCUT2D eigenvalue weighted by atomic mass is 10.0. The van der Waals surface area contributed by atoms with Crippen LogP contribution in [0.25, 0.3) is 0 Å². The number of H-pyrrole nitrogens is 1. The van der Waals surface area contributed by atoms with Crippen LogP contribution >= 0.6 is 23.2 Å². The van der Waals surface area contributed by atoms with E-state index in [1.54, 1.807) is 12.3 Å². The smallest absolute Gasteiger partial charge is 0.204 e. The van der Waals surface area contributed by atoms with Crippen LogP contribution in [0, 0.1) is 25.2 Å². The molecule has 2 N–H and O–H groups in total. The van der Waals surface area contributed by atoms with E-state index in [4.69, 9.17) is 23.2 Å². The maximum atomic E-state index is 5.93. The van der Waals surface area contributed by atoms with E-state index in [1.165, 1.54) is 12.0 Å². The number of terminal acetylenes is 1. The number of nitrogens with one attached hydrogen (secondary N) is 2. The minimum absolute atomic E-state index is 0.439. The second-order valence-electron chi connectivity index (χ2n) is 6.77. The molecule has 0 saturated heterocycles. The van der Waals surface area contributed by atoms with E-state index in [9.17, 15) is 0 Å². The van der Waals surface area contributed by atoms with Crippen LogP contribution in [0.5, 0.6) is 0 Å². The molecule has 1 aromatic heterocycles. The Balaban J connectivity index is 0.000000235. The molecule has 25 heavy (non-hydrogen) atoms. The van der Waals surface area contributed by atoms with E-state index in [0.29, 0.717) is 11.3 Å². The third-order valence-corrected chi connectivity index (χ3v) is 4.27. The van der Waals surface area contributed by atoms with E-state index in [-0.39, 0.29) is 0 Å². The number of nitrogens with zero attached hydrogens (tertiary/aromatic N) is 1. The molecule has 3 rings (SSSR count). The average molecular weight is 378 g/mol. The van der Waals surface area contributed by atoms with E-state index in [2.05, 4.69) is 48.6 Å². The van der Waals surface area contributed by atoms with Crippen molar-refractivity contribution in [1.82, 2.24) is 9.97 Å². The van der Waals surface area contributed by atoms with Gasteiger partial charge in [0.15, 0.2) is 0 Å². The van der Waals surface area contributed by atoms with Gasteiger partial charge in [0.2, 0.25) is 5.95 Å². The molecule has 0 aliphatic heterocycles. The van der Waals surface area contributed by atoms with Crippen LogP contribution in [0.3, 0.4) is 0 Å². The highest BCUT2D eigenvalue weighted by atomic mass is 35.5. The number of aromatic amines is 1.